The average Bonchev–Trinajstić information content (AvgIpc) is 3.03. The van der Waals surface area contributed by atoms with Gasteiger partial charge in [-0.15, -0.1) is 0 Å². The molecule has 0 radical (unpaired) electrons. The molecule has 0 aromatic heterocycles. The minimum Gasteiger partial charge on any atom is -0.494 e. The van der Waals surface area contributed by atoms with Crippen molar-refractivity contribution < 1.29 is 27.1 Å². The number of halogens is 2. The van der Waals surface area contributed by atoms with Crippen LogP contribution in [-0.4, -0.2) is 50.9 Å². The quantitative estimate of drug-likeness (QED) is 0.185. The predicted molar refractivity (Wildman–Crippen MR) is 173 cm³/mol. The summed E-state index contributed by atoms with van der Waals surface area (Å²) in [7, 11) is -4.37. The normalized spacial score (nSPS) is 11.8. The first-order valence-corrected chi connectivity index (χ1v) is 16.3. The Morgan fingerprint density at radius 3 is 2.16 bits per heavy atom. The summed E-state index contributed by atoms with van der Waals surface area (Å²) in [5, 5.41) is 3.21. The van der Waals surface area contributed by atoms with Crippen molar-refractivity contribution in [1.82, 2.24) is 10.2 Å². The van der Waals surface area contributed by atoms with Crippen LogP contribution in [0.5, 0.6) is 5.75 Å². The summed E-state index contributed by atoms with van der Waals surface area (Å²) < 4.78 is 48.3. The van der Waals surface area contributed by atoms with Gasteiger partial charge in [-0.3, -0.25) is 13.9 Å². The van der Waals surface area contributed by atoms with Gasteiger partial charge < -0.3 is 15.0 Å². The molecular weight excluding hydrogens is 617 g/mol. The fraction of sp³-hybridized carbons (Fsp3) is 0.235. The van der Waals surface area contributed by atoms with Crippen molar-refractivity contribution in [1.29, 1.82) is 0 Å². The number of benzene rings is 4. The maximum absolute atomic E-state index is 14.4. The van der Waals surface area contributed by atoms with Gasteiger partial charge in [-0.2, -0.15) is 0 Å². The van der Waals surface area contributed by atoms with Gasteiger partial charge in [0, 0.05) is 24.5 Å². The molecule has 1 atom stereocenters. The minimum absolute atomic E-state index is 0.0547. The lowest BCUT2D eigenvalue weighted by atomic mass is 10.0. The minimum atomic E-state index is -4.37. The van der Waals surface area contributed by atoms with Gasteiger partial charge in [0.25, 0.3) is 10.0 Å². The molecule has 0 aliphatic carbocycles. The fourth-order valence-corrected chi connectivity index (χ4v) is 6.40. The number of anilines is 1. The van der Waals surface area contributed by atoms with Crippen molar-refractivity contribution in [2.45, 2.75) is 37.8 Å². The van der Waals surface area contributed by atoms with Crippen LogP contribution in [-0.2, 0) is 32.6 Å². The fourth-order valence-electron chi connectivity index (χ4n) is 4.79. The molecule has 8 nitrogen and oxygen atoms in total. The average molecular weight is 652 g/mol. The standard InChI is InChI=1S/C34H35ClFN3O5S/c1-3-37-34(41)32(22-25-10-6-5-7-11-25)38(23-26-12-8-9-13-31(26)35)33(40)24-39(28-16-18-29(19-17-28)44-4-2)45(42,43)30-20-14-27(36)15-21-30/h5-21,32H,3-4,22-24H2,1-2H3,(H,37,41). The second-order valence-electron chi connectivity index (χ2n) is 10.1. The Morgan fingerprint density at radius 2 is 1.53 bits per heavy atom. The number of ether oxygens (including phenoxy) is 1. The first kappa shape index (κ1) is 33.5. The van der Waals surface area contributed by atoms with E-state index in [1.807, 2.05) is 37.3 Å². The van der Waals surface area contributed by atoms with Gasteiger partial charge in [0.15, 0.2) is 0 Å². The zero-order chi connectivity index (χ0) is 32.4. The van der Waals surface area contributed by atoms with Crippen LogP contribution in [0.1, 0.15) is 25.0 Å². The Bertz CT molecular complexity index is 1690. The third kappa shape index (κ3) is 8.61. The number of carbonyl (C=O) groups excluding carboxylic acids is 2. The van der Waals surface area contributed by atoms with E-state index in [9.17, 15) is 22.4 Å². The molecule has 4 aromatic carbocycles. The van der Waals surface area contributed by atoms with Crippen LogP contribution in [0.3, 0.4) is 0 Å². The number of rotatable bonds is 14. The lowest BCUT2D eigenvalue weighted by Gasteiger charge is -2.34. The highest BCUT2D eigenvalue weighted by Gasteiger charge is 2.34. The van der Waals surface area contributed by atoms with Crippen LogP contribution < -0.4 is 14.4 Å². The molecule has 0 bridgehead atoms. The molecule has 1 N–H and O–H groups in total. The molecule has 0 heterocycles. The van der Waals surface area contributed by atoms with Gasteiger partial charge in [0.1, 0.15) is 24.2 Å². The highest BCUT2D eigenvalue weighted by atomic mass is 35.5. The number of nitrogens with one attached hydrogen (secondary N) is 1. The van der Waals surface area contributed by atoms with Crippen molar-refractivity contribution in [3.8, 4) is 5.75 Å². The van der Waals surface area contributed by atoms with Crippen LogP contribution in [0.15, 0.2) is 108 Å². The zero-order valence-electron chi connectivity index (χ0n) is 25.0. The van der Waals surface area contributed by atoms with Crippen LogP contribution in [0.25, 0.3) is 0 Å². The third-order valence-corrected chi connectivity index (χ3v) is 9.19. The second-order valence-corrected chi connectivity index (χ2v) is 12.4. The zero-order valence-corrected chi connectivity index (χ0v) is 26.6. The van der Waals surface area contributed by atoms with Gasteiger partial charge in [-0.05, 0) is 79.6 Å². The first-order valence-electron chi connectivity index (χ1n) is 14.5. The molecule has 236 valence electrons. The summed E-state index contributed by atoms with van der Waals surface area (Å²) >= 11 is 6.50. The number of nitrogens with zero attached hydrogens (tertiary/aromatic N) is 2. The molecule has 4 rings (SSSR count). The van der Waals surface area contributed by atoms with Gasteiger partial charge in [0.05, 0.1) is 17.2 Å². The Balaban J connectivity index is 1.80. The maximum atomic E-state index is 14.4. The largest absolute Gasteiger partial charge is 0.494 e. The van der Waals surface area contributed by atoms with Crippen molar-refractivity contribution in [2.75, 3.05) is 24.0 Å². The first-order chi connectivity index (χ1) is 21.6. The number of amides is 2. The van der Waals surface area contributed by atoms with E-state index in [4.69, 9.17) is 16.3 Å². The van der Waals surface area contributed by atoms with E-state index < -0.39 is 40.2 Å². The summed E-state index contributed by atoms with van der Waals surface area (Å²) in [6.45, 7) is 3.64. The maximum Gasteiger partial charge on any atom is 0.264 e. The molecular formula is C34H35ClFN3O5S. The molecule has 0 saturated heterocycles. The Hall–Kier alpha value is -4.41. The predicted octanol–water partition coefficient (Wildman–Crippen LogP) is 5.85. The molecule has 2 amide bonds. The highest BCUT2D eigenvalue weighted by molar-refractivity contribution is 7.92. The van der Waals surface area contributed by atoms with E-state index in [-0.39, 0.29) is 23.5 Å². The van der Waals surface area contributed by atoms with Crippen molar-refractivity contribution in [3.05, 3.63) is 125 Å². The summed E-state index contributed by atoms with van der Waals surface area (Å²) in [4.78, 5) is 29.1. The smallest absolute Gasteiger partial charge is 0.264 e. The van der Waals surface area contributed by atoms with Gasteiger partial charge in [-0.25, -0.2) is 12.8 Å². The van der Waals surface area contributed by atoms with Crippen LogP contribution >= 0.6 is 11.6 Å². The van der Waals surface area contributed by atoms with Gasteiger partial charge in [-0.1, -0.05) is 60.1 Å². The van der Waals surface area contributed by atoms with E-state index in [2.05, 4.69) is 5.32 Å². The highest BCUT2D eigenvalue weighted by Crippen LogP contribution is 2.28. The van der Waals surface area contributed by atoms with Gasteiger partial charge >= 0.3 is 0 Å². The van der Waals surface area contributed by atoms with E-state index in [1.54, 1.807) is 43.3 Å². The number of sulfonamides is 1. The van der Waals surface area contributed by atoms with Crippen LogP contribution in [0.4, 0.5) is 10.1 Å². The molecule has 0 saturated carbocycles. The van der Waals surface area contributed by atoms with E-state index in [0.717, 1.165) is 34.1 Å². The second kappa shape index (κ2) is 15.5. The number of hydrogen-bond donors (Lipinski definition) is 1. The molecule has 0 aliphatic rings. The van der Waals surface area contributed by atoms with Crippen molar-refractivity contribution >= 4 is 39.1 Å². The summed E-state index contributed by atoms with van der Waals surface area (Å²) in [6, 6.07) is 25.9. The number of carbonyl (C=O) groups is 2. The van der Waals surface area contributed by atoms with E-state index in [0.29, 0.717) is 29.5 Å². The van der Waals surface area contributed by atoms with Crippen LogP contribution in [0, 0.1) is 5.82 Å². The molecule has 0 spiro atoms. The summed E-state index contributed by atoms with van der Waals surface area (Å²) in [6.07, 6.45) is 0.177. The number of hydrogen-bond acceptors (Lipinski definition) is 5. The molecule has 1 unspecified atom stereocenters. The Labute approximate surface area is 268 Å². The lowest BCUT2D eigenvalue weighted by molar-refractivity contribution is -0.140. The summed E-state index contributed by atoms with van der Waals surface area (Å²) in [5.41, 5.74) is 1.59. The third-order valence-electron chi connectivity index (χ3n) is 7.04. The SMILES string of the molecule is CCNC(=O)C(Cc1ccccc1)N(Cc1ccccc1Cl)C(=O)CN(c1ccc(OCC)cc1)S(=O)(=O)c1ccc(F)cc1. The molecule has 0 aliphatic heterocycles. The van der Waals surface area contributed by atoms with E-state index >= 15 is 0 Å². The lowest BCUT2D eigenvalue weighted by Crippen LogP contribution is -2.53. The van der Waals surface area contributed by atoms with Crippen molar-refractivity contribution in [2.24, 2.45) is 0 Å². The monoisotopic (exact) mass is 651 g/mol. The summed E-state index contributed by atoms with van der Waals surface area (Å²) in [5.74, 6) is -1.11. The molecule has 0 fully saturated rings. The van der Waals surface area contributed by atoms with Crippen LogP contribution in [0.2, 0.25) is 5.02 Å². The molecule has 45 heavy (non-hydrogen) atoms. The molecule has 4 aromatic rings. The number of likely N-dealkylation sites (N-methyl/N-ethyl adjacent to an activating group) is 1. The Kier molecular flexibility index (Phi) is 11.6. The van der Waals surface area contributed by atoms with Gasteiger partial charge in [0.2, 0.25) is 11.8 Å². The Morgan fingerprint density at radius 1 is 0.889 bits per heavy atom. The topological polar surface area (TPSA) is 96.0 Å². The molecule has 11 heteroatoms. The van der Waals surface area contributed by atoms with E-state index in [1.165, 1.54) is 17.0 Å². The van der Waals surface area contributed by atoms with Crippen molar-refractivity contribution in [3.63, 3.8) is 0 Å².